The van der Waals surface area contributed by atoms with Gasteiger partial charge in [-0.25, -0.2) is 4.98 Å². The second-order valence-electron chi connectivity index (χ2n) is 5.53. The van der Waals surface area contributed by atoms with Crippen molar-refractivity contribution in [3.05, 3.63) is 55.1 Å². The third-order valence-corrected chi connectivity index (χ3v) is 4.15. The molecule has 3 aromatic rings. The Labute approximate surface area is 129 Å². The molecule has 4 rings (SSSR count). The molecule has 0 amide bonds. The van der Waals surface area contributed by atoms with Crippen LogP contribution in [0, 0.1) is 0 Å². The summed E-state index contributed by atoms with van der Waals surface area (Å²) in [6.45, 7) is 1.72. The second-order valence-corrected chi connectivity index (χ2v) is 5.53. The van der Waals surface area contributed by atoms with Crippen molar-refractivity contribution in [2.45, 2.75) is 18.9 Å². The van der Waals surface area contributed by atoms with E-state index in [9.17, 15) is 0 Å². The van der Waals surface area contributed by atoms with E-state index in [0.29, 0.717) is 12.6 Å². The van der Waals surface area contributed by atoms with Crippen molar-refractivity contribution in [3.63, 3.8) is 0 Å². The summed E-state index contributed by atoms with van der Waals surface area (Å²) in [5.74, 6) is 2.02. The van der Waals surface area contributed by atoms with Gasteiger partial charge in [-0.2, -0.15) is 0 Å². The number of rotatable bonds is 4. The summed E-state index contributed by atoms with van der Waals surface area (Å²) in [5, 5.41) is 0. The normalized spacial score (nSPS) is 18.0. The van der Waals surface area contributed by atoms with E-state index in [-0.39, 0.29) is 0 Å². The summed E-state index contributed by atoms with van der Waals surface area (Å²) < 4.78 is 8.04. The monoisotopic (exact) mass is 294 g/mol. The Morgan fingerprint density at radius 3 is 3.00 bits per heavy atom. The molecular formula is C17H18N4O. The number of aromatic nitrogens is 3. The molecule has 0 aliphatic carbocycles. The highest BCUT2D eigenvalue weighted by Gasteiger charge is 2.27. The first-order chi connectivity index (χ1) is 10.9. The lowest BCUT2D eigenvalue weighted by Gasteiger charge is -2.27. The van der Waals surface area contributed by atoms with Gasteiger partial charge in [-0.05, 0) is 25.0 Å². The fourth-order valence-electron chi connectivity index (χ4n) is 3.07. The Morgan fingerprint density at radius 2 is 2.09 bits per heavy atom. The average Bonchev–Trinajstić information content (AvgIpc) is 3.22. The highest BCUT2D eigenvalue weighted by Crippen LogP contribution is 2.26. The molecule has 0 spiro atoms. The van der Waals surface area contributed by atoms with Crippen molar-refractivity contribution in [2.24, 2.45) is 0 Å². The van der Waals surface area contributed by atoms with E-state index in [0.717, 1.165) is 30.2 Å². The molecule has 1 fully saturated rings. The zero-order valence-corrected chi connectivity index (χ0v) is 12.3. The minimum atomic E-state index is 0.370. The summed E-state index contributed by atoms with van der Waals surface area (Å²) in [7, 11) is 0. The van der Waals surface area contributed by atoms with Crippen molar-refractivity contribution in [1.29, 1.82) is 0 Å². The highest BCUT2D eigenvalue weighted by atomic mass is 16.5. The first-order valence-corrected chi connectivity index (χ1v) is 7.63. The molecule has 1 aliphatic heterocycles. The zero-order valence-electron chi connectivity index (χ0n) is 12.3. The van der Waals surface area contributed by atoms with E-state index in [1.807, 2.05) is 48.9 Å². The SMILES string of the molecule is c1ccc(OC[C@@H]2CCCN2c2cncc3nccn23)cc1. The Bertz CT molecular complexity index is 755. The van der Waals surface area contributed by atoms with Gasteiger partial charge in [0, 0.05) is 18.9 Å². The standard InChI is InChI=1S/C17H18N4O/c1-2-6-15(7-3-1)22-13-14-5-4-9-20(14)17-12-18-11-16-19-8-10-21(16)17/h1-3,6-8,10-12,14H,4-5,9,13H2/t14-/m0/s1. The maximum absolute atomic E-state index is 5.95. The molecule has 0 saturated carbocycles. The van der Waals surface area contributed by atoms with Crippen LogP contribution in [0.3, 0.4) is 0 Å². The molecule has 2 aromatic heterocycles. The molecular weight excluding hydrogens is 276 g/mol. The van der Waals surface area contributed by atoms with E-state index in [2.05, 4.69) is 19.3 Å². The number of anilines is 1. The molecule has 0 bridgehead atoms. The van der Waals surface area contributed by atoms with Crippen molar-refractivity contribution in [1.82, 2.24) is 14.4 Å². The van der Waals surface area contributed by atoms with Gasteiger partial charge in [0.05, 0.1) is 18.4 Å². The van der Waals surface area contributed by atoms with Gasteiger partial charge >= 0.3 is 0 Å². The van der Waals surface area contributed by atoms with Crippen molar-refractivity contribution in [2.75, 3.05) is 18.1 Å². The Kier molecular flexibility index (Phi) is 3.39. The highest BCUT2D eigenvalue weighted by molar-refractivity contribution is 5.49. The van der Waals surface area contributed by atoms with Gasteiger partial charge in [-0.15, -0.1) is 0 Å². The van der Waals surface area contributed by atoms with E-state index in [1.54, 1.807) is 6.20 Å². The van der Waals surface area contributed by atoms with E-state index < -0.39 is 0 Å². The fraction of sp³-hybridized carbons (Fsp3) is 0.294. The molecule has 1 aliphatic rings. The second kappa shape index (κ2) is 5.67. The number of para-hydroxylation sites is 1. The predicted octanol–water partition coefficient (Wildman–Crippen LogP) is 2.78. The lowest BCUT2D eigenvalue weighted by molar-refractivity contribution is 0.288. The van der Waals surface area contributed by atoms with E-state index in [1.165, 1.54) is 6.42 Å². The Hall–Kier alpha value is -2.56. The first kappa shape index (κ1) is 13.1. The number of hydrogen-bond acceptors (Lipinski definition) is 4. The lowest BCUT2D eigenvalue weighted by Crippen LogP contribution is -2.35. The van der Waals surface area contributed by atoms with E-state index in [4.69, 9.17) is 4.74 Å². The molecule has 1 saturated heterocycles. The summed E-state index contributed by atoms with van der Waals surface area (Å²) in [4.78, 5) is 11.0. The Balaban J connectivity index is 1.55. The van der Waals surface area contributed by atoms with Gasteiger partial charge in [0.15, 0.2) is 5.65 Å². The van der Waals surface area contributed by atoms with Crippen molar-refractivity contribution in [3.8, 4) is 5.75 Å². The average molecular weight is 294 g/mol. The van der Waals surface area contributed by atoms with Crippen LogP contribution in [0.25, 0.3) is 5.65 Å². The molecule has 22 heavy (non-hydrogen) atoms. The minimum Gasteiger partial charge on any atom is -0.491 e. The maximum atomic E-state index is 5.95. The number of benzene rings is 1. The van der Waals surface area contributed by atoms with Crippen LogP contribution in [0.5, 0.6) is 5.75 Å². The smallest absolute Gasteiger partial charge is 0.156 e. The third-order valence-electron chi connectivity index (χ3n) is 4.15. The number of nitrogens with zero attached hydrogens (tertiary/aromatic N) is 4. The van der Waals surface area contributed by atoms with Crippen LogP contribution in [-0.4, -0.2) is 33.6 Å². The van der Waals surface area contributed by atoms with Gasteiger partial charge in [0.1, 0.15) is 18.2 Å². The van der Waals surface area contributed by atoms with Crippen molar-refractivity contribution >= 4 is 11.5 Å². The van der Waals surface area contributed by atoms with Crippen LogP contribution in [0.2, 0.25) is 0 Å². The third kappa shape index (κ3) is 2.39. The van der Waals surface area contributed by atoms with Crippen LogP contribution >= 0.6 is 0 Å². The van der Waals surface area contributed by atoms with Crippen LogP contribution in [-0.2, 0) is 0 Å². The first-order valence-electron chi connectivity index (χ1n) is 7.63. The molecule has 1 atom stereocenters. The predicted molar refractivity (Wildman–Crippen MR) is 85.3 cm³/mol. The molecule has 112 valence electrons. The van der Waals surface area contributed by atoms with Gasteiger partial charge in [-0.1, -0.05) is 18.2 Å². The molecule has 3 heterocycles. The topological polar surface area (TPSA) is 42.7 Å². The van der Waals surface area contributed by atoms with Crippen LogP contribution in [0.4, 0.5) is 5.82 Å². The number of ether oxygens (including phenoxy) is 1. The van der Waals surface area contributed by atoms with Crippen LogP contribution < -0.4 is 9.64 Å². The molecule has 5 heteroatoms. The van der Waals surface area contributed by atoms with Crippen LogP contribution in [0.15, 0.2) is 55.1 Å². The van der Waals surface area contributed by atoms with Gasteiger partial charge in [0.2, 0.25) is 0 Å². The molecule has 0 unspecified atom stereocenters. The maximum Gasteiger partial charge on any atom is 0.156 e. The molecule has 0 N–H and O–H groups in total. The zero-order chi connectivity index (χ0) is 14.8. The van der Waals surface area contributed by atoms with Crippen LogP contribution in [0.1, 0.15) is 12.8 Å². The quantitative estimate of drug-likeness (QED) is 0.742. The number of imidazole rings is 1. The van der Waals surface area contributed by atoms with Gasteiger partial charge in [-0.3, -0.25) is 9.38 Å². The summed E-state index contributed by atoms with van der Waals surface area (Å²) >= 11 is 0. The van der Waals surface area contributed by atoms with Crippen molar-refractivity contribution < 1.29 is 4.74 Å². The molecule has 0 radical (unpaired) electrons. The largest absolute Gasteiger partial charge is 0.491 e. The fourth-order valence-corrected chi connectivity index (χ4v) is 3.07. The Morgan fingerprint density at radius 1 is 1.18 bits per heavy atom. The molecule has 1 aromatic carbocycles. The van der Waals surface area contributed by atoms with Gasteiger partial charge < -0.3 is 9.64 Å². The van der Waals surface area contributed by atoms with E-state index >= 15 is 0 Å². The number of hydrogen-bond donors (Lipinski definition) is 0. The lowest BCUT2D eigenvalue weighted by atomic mass is 10.2. The minimum absolute atomic E-state index is 0.370. The summed E-state index contributed by atoms with van der Waals surface area (Å²) in [5.41, 5.74) is 0.882. The van der Waals surface area contributed by atoms with Gasteiger partial charge in [0.25, 0.3) is 0 Å². The molecule has 5 nitrogen and oxygen atoms in total. The summed E-state index contributed by atoms with van der Waals surface area (Å²) in [6, 6.07) is 10.4. The summed E-state index contributed by atoms with van der Waals surface area (Å²) in [6.07, 6.45) is 9.81. The number of fused-ring (bicyclic) bond motifs is 1.